The molecule has 8 nitrogen and oxygen atoms in total. The fraction of sp³-hybridized carbons (Fsp3) is 0.231. The number of thiocarbonyl (C=S) groups is 1. The molecule has 0 heterocycles. The molecule has 1 rings (SSSR count). The summed E-state index contributed by atoms with van der Waals surface area (Å²) in [5.41, 5.74) is 2.83. The first-order chi connectivity index (χ1) is 10.5. The van der Waals surface area contributed by atoms with Gasteiger partial charge in [-0.15, -0.1) is 6.58 Å². The summed E-state index contributed by atoms with van der Waals surface area (Å²) in [5.74, 6) is 0.297. The van der Waals surface area contributed by atoms with Crippen LogP contribution in [0.5, 0.6) is 11.5 Å². The van der Waals surface area contributed by atoms with Gasteiger partial charge in [0.25, 0.3) is 0 Å². The number of benzene rings is 1. The Labute approximate surface area is 133 Å². The Morgan fingerprint density at radius 3 is 2.77 bits per heavy atom. The number of nitro benzene ring substituents is 1. The zero-order chi connectivity index (χ0) is 16.5. The zero-order valence-electron chi connectivity index (χ0n) is 12.2. The molecule has 1 aromatic rings. The molecule has 0 aromatic heterocycles. The molecule has 0 amide bonds. The van der Waals surface area contributed by atoms with Gasteiger partial charge >= 0.3 is 5.69 Å². The van der Waals surface area contributed by atoms with Gasteiger partial charge in [0.2, 0.25) is 5.75 Å². The minimum Gasteiger partial charge on any atom is -0.493 e. The van der Waals surface area contributed by atoms with Gasteiger partial charge in [-0.25, -0.2) is 0 Å². The fourth-order valence-electron chi connectivity index (χ4n) is 1.54. The summed E-state index contributed by atoms with van der Waals surface area (Å²) in [6, 6.07) is 2.89. The standard InChI is InChI=1S/C13H16N4O4S/c1-4-5-14-13(22)16-15-8-9-6-10(17(18)19)12(21-3)11(7-9)20-2/h4,6-8H,1,5H2,2-3H3,(H2,14,16,22)/b15-8+. The number of hydrogen-bond donors (Lipinski definition) is 2. The van der Waals surface area contributed by atoms with Crippen LogP contribution in [-0.4, -0.2) is 37.0 Å². The summed E-state index contributed by atoms with van der Waals surface area (Å²) in [6.45, 7) is 4.05. The second-order valence-corrected chi connectivity index (χ2v) is 4.31. The maximum absolute atomic E-state index is 11.1. The highest BCUT2D eigenvalue weighted by molar-refractivity contribution is 7.80. The van der Waals surface area contributed by atoms with E-state index in [9.17, 15) is 10.1 Å². The van der Waals surface area contributed by atoms with Crippen LogP contribution in [0.3, 0.4) is 0 Å². The lowest BCUT2D eigenvalue weighted by Crippen LogP contribution is -2.31. The number of ether oxygens (including phenoxy) is 2. The third kappa shape index (κ3) is 4.70. The molecule has 0 saturated heterocycles. The number of methoxy groups -OCH3 is 2. The van der Waals surface area contributed by atoms with Crippen molar-refractivity contribution in [3.05, 3.63) is 40.5 Å². The molecule has 0 atom stereocenters. The van der Waals surface area contributed by atoms with Gasteiger partial charge in [-0.05, 0) is 18.3 Å². The Morgan fingerprint density at radius 2 is 2.23 bits per heavy atom. The van der Waals surface area contributed by atoms with Crippen LogP contribution in [0, 0.1) is 10.1 Å². The summed E-state index contributed by atoms with van der Waals surface area (Å²) in [7, 11) is 2.74. The van der Waals surface area contributed by atoms with Gasteiger partial charge in [0, 0.05) is 18.2 Å². The highest BCUT2D eigenvalue weighted by Crippen LogP contribution is 2.37. The summed E-state index contributed by atoms with van der Waals surface area (Å²) < 4.78 is 10.1. The number of rotatable bonds is 7. The number of hydrogen-bond acceptors (Lipinski definition) is 6. The highest BCUT2D eigenvalue weighted by Gasteiger charge is 2.20. The van der Waals surface area contributed by atoms with Crippen LogP contribution < -0.4 is 20.2 Å². The van der Waals surface area contributed by atoms with Crippen LogP contribution in [-0.2, 0) is 0 Å². The number of nitro groups is 1. The fourth-order valence-corrected chi connectivity index (χ4v) is 1.68. The van der Waals surface area contributed by atoms with Crippen molar-refractivity contribution in [3.63, 3.8) is 0 Å². The molecular formula is C13H16N4O4S. The van der Waals surface area contributed by atoms with E-state index in [4.69, 9.17) is 21.7 Å². The van der Waals surface area contributed by atoms with Crippen LogP contribution in [0.4, 0.5) is 5.69 Å². The quantitative estimate of drug-likeness (QED) is 0.258. The minimum absolute atomic E-state index is 0.0563. The van der Waals surface area contributed by atoms with Gasteiger partial charge in [0.1, 0.15) is 0 Å². The Balaban J connectivity index is 2.95. The molecule has 0 aliphatic heterocycles. The Morgan fingerprint density at radius 1 is 1.50 bits per heavy atom. The molecule has 0 bridgehead atoms. The zero-order valence-corrected chi connectivity index (χ0v) is 13.0. The highest BCUT2D eigenvalue weighted by atomic mass is 32.1. The lowest BCUT2D eigenvalue weighted by molar-refractivity contribution is -0.385. The van der Waals surface area contributed by atoms with E-state index in [1.807, 2.05) is 0 Å². The van der Waals surface area contributed by atoms with E-state index in [-0.39, 0.29) is 17.2 Å². The normalized spacial score (nSPS) is 10.1. The average molecular weight is 324 g/mol. The first kappa shape index (κ1) is 17.4. The lowest BCUT2D eigenvalue weighted by Gasteiger charge is -2.08. The molecule has 0 spiro atoms. The molecule has 0 aliphatic carbocycles. The van der Waals surface area contributed by atoms with E-state index in [0.717, 1.165) is 0 Å². The maximum atomic E-state index is 11.1. The summed E-state index contributed by atoms with van der Waals surface area (Å²) in [4.78, 5) is 10.5. The average Bonchev–Trinajstić information content (AvgIpc) is 2.51. The van der Waals surface area contributed by atoms with Gasteiger partial charge in [-0.1, -0.05) is 6.08 Å². The number of nitrogens with one attached hydrogen (secondary N) is 2. The molecule has 1 aromatic carbocycles. The molecular weight excluding hydrogens is 308 g/mol. The van der Waals surface area contributed by atoms with Gasteiger partial charge in [-0.3, -0.25) is 15.5 Å². The van der Waals surface area contributed by atoms with E-state index in [1.165, 1.54) is 26.5 Å². The van der Waals surface area contributed by atoms with E-state index in [0.29, 0.717) is 17.2 Å². The topological polar surface area (TPSA) is 98.0 Å². The second-order valence-electron chi connectivity index (χ2n) is 3.90. The predicted molar refractivity (Wildman–Crippen MR) is 87.7 cm³/mol. The predicted octanol–water partition coefficient (Wildman–Crippen LogP) is 1.60. The molecule has 2 N–H and O–H groups in total. The Kier molecular flexibility index (Phi) is 6.77. The third-order valence-corrected chi connectivity index (χ3v) is 2.70. The van der Waals surface area contributed by atoms with E-state index >= 15 is 0 Å². The van der Waals surface area contributed by atoms with Crippen LogP contribution >= 0.6 is 12.2 Å². The molecule has 118 valence electrons. The van der Waals surface area contributed by atoms with Crippen molar-refractivity contribution < 1.29 is 14.4 Å². The molecule has 9 heteroatoms. The minimum atomic E-state index is -0.553. The molecule has 0 saturated carbocycles. The molecule has 0 aliphatic rings. The SMILES string of the molecule is C=CCNC(=S)N/N=C/c1cc(OC)c(OC)c([N+](=O)[O-])c1. The van der Waals surface area contributed by atoms with Crippen molar-refractivity contribution in [2.45, 2.75) is 0 Å². The molecule has 0 fully saturated rings. The smallest absolute Gasteiger partial charge is 0.315 e. The van der Waals surface area contributed by atoms with E-state index in [1.54, 1.807) is 12.1 Å². The van der Waals surface area contributed by atoms with Crippen molar-refractivity contribution in [2.75, 3.05) is 20.8 Å². The second kappa shape index (κ2) is 8.57. The van der Waals surface area contributed by atoms with Gasteiger partial charge in [0.05, 0.1) is 25.4 Å². The van der Waals surface area contributed by atoms with Crippen molar-refractivity contribution >= 4 is 29.2 Å². The Bertz CT molecular complexity index is 604. The molecule has 0 unspecified atom stereocenters. The first-order valence-corrected chi connectivity index (χ1v) is 6.52. The summed E-state index contributed by atoms with van der Waals surface area (Å²) >= 11 is 4.95. The van der Waals surface area contributed by atoms with Crippen LogP contribution in [0.2, 0.25) is 0 Å². The largest absolute Gasteiger partial charge is 0.493 e. The Hall–Kier alpha value is -2.68. The molecule has 22 heavy (non-hydrogen) atoms. The van der Waals surface area contributed by atoms with E-state index < -0.39 is 4.92 Å². The van der Waals surface area contributed by atoms with Crippen molar-refractivity contribution in [3.8, 4) is 11.5 Å². The summed E-state index contributed by atoms with van der Waals surface area (Å²) in [5, 5.41) is 18.1. The lowest BCUT2D eigenvalue weighted by atomic mass is 10.2. The van der Waals surface area contributed by atoms with Crippen LogP contribution in [0.25, 0.3) is 0 Å². The van der Waals surface area contributed by atoms with Crippen LogP contribution in [0.15, 0.2) is 29.9 Å². The van der Waals surface area contributed by atoms with Crippen molar-refractivity contribution in [1.82, 2.24) is 10.7 Å². The maximum Gasteiger partial charge on any atom is 0.315 e. The monoisotopic (exact) mass is 324 g/mol. The number of nitrogens with zero attached hydrogens (tertiary/aromatic N) is 2. The van der Waals surface area contributed by atoms with E-state index in [2.05, 4.69) is 22.4 Å². The summed E-state index contributed by atoms with van der Waals surface area (Å²) in [6.07, 6.45) is 3.03. The van der Waals surface area contributed by atoms with Gasteiger partial charge in [-0.2, -0.15) is 5.10 Å². The van der Waals surface area contributed by atoms with Crippen LogP contribution in [0.1, 0.15) is 5.56 Å². The van der Waals surface area contributed by atoms with Gasteiger partial charge in [0.15, 0.2) is 10.9 Å². The third-order valence-electron chi connectivity index (χ3n) is 2.46. The molecule has 0 radical (unpaired) electrons. The van der Waals surface area contributed by atoms with Gasteiger partial charge < -0.3 is 14.8 Å². The van der Waals surface area contributed by atoms with Crippen molar-refractivity contribution in [1.29, 1.82) is 0 Å². The first-order valence-electron chi connectivity index (χ1n) is 6.11. The van der Waals surface area contributed by atoms with Crippen molar-refractivity contribution in [2.24, 2.45) is 5.10 Å². The number of hydrazone groups is 1.